The van der Waals surface area contributed by atoms with Gasteiger partial charge in [-0.1, -0.05) is 6.92 Å². The summed E-state index contributed by atoms with van der Waals surface area (Å²) in [6.07, 6.45) is 3.91. The Balaban J connectivity index is 1.55. The van der Waals surface area contributed by atoms with Crippen molar-refractivity contribution in [1.29, 1.82) is 0 Å². The van der Waals surface area contributed by atoms with Crippen molar-refractivity contribution < 1.29 is 27.9 Å². The Morgan fingerprint density at radius 1 is 1.23 bits per heavy atom. The molecule has 0 spiro atoms. The third kappa shape index (κ3) is 5.34. The van der Waals surface area contributed by atoms with Gasteiger partial charge in [-0.05, 0) is 68.2 Å². The van der Waals surface area contributed by atoms with Gasteiger partial charge in [0.05, 0.1) is 16.0 Å². The van der Waals surface area contributed by atoms with Crippen LogP contribution in [-0.4, -0.2) is 68.0 Å². The van der Waals surface area contributed by atoms with Crippen LogP contribution in [0, 0.1) is 11.8 Å². The predicted octanol–water partition coefficient (Wildman–Crippen LogP) is 2.61. The Morgan fingerprint density at radius 2 is 1.97 bits per heavy atom. The fraction of sp³-hybridized carbons (Fsp3) is 0.560. The van der Waals surface area contributed by atoms with Crippen LogP contribution in [0.3, 0.4) is 0 Å². The highest BCUT2D eigenvalue weighted by Crippen LogP contribution is 2.33. The highest BCUT2D eigenvalue weighted by atomic mass is 32.2. The molecule has 4 rings (SSSR count). The number of carboxylic acids is 1. The van der Waals surface area contributed by atoms with Crippen LogP contribution >= 0.6 is 0 Å². The normalized spacial score (nSPS) is 19.4. The van der Waals surface area contributed by atoms with Gasteiger partial charge in [-0.15, -0.1) is 0 Å². The number of nitrogens with one attached hydrogen (secondary N) is 1. The minimum Gasteiger partial charge on any atom is -0.478 e. The maximum absolute atomic E-state index is 13.4. The number of sulfonamides is 1. The van der Waals surface area contributed by atoms with Crippen LogP contribution in [0.15, 0.2) is 23.1 Å². The van der Waals surface area contributed by atoms with Gasteiger partial charge in [0.2, 0.25) is 15.9 Å². The number of rotatable bonds is 8. The van der Waals surface area contributed by atoms with E-state index >= 15 is 0 Å². The lowest BCUT2D eigenvalue weighted by molar-refractivity contribution is -0.126. The smallest absolute Gasteiger partial charge is 0.336 e. The average Bonchev–Trinajstić information content (AvgIpc) is 2.84. The zero-order valence-electron chi connectivity index (χ0n) is 20.2. The standard InChI is InChI=1S/C25H33N3O6S/c1-16-4-6-21-19(14-16)23(25(30)31)20-15-18(5-7-22(20)27-21)35(32,33)28-11-8-17(9-12-28)24(29)26-10-3-13-34-2/h5,7,15-17H,3-4,6,8-14H2,1-2H3,(H,26,29)(H,30,31)/t16-/m1/s1. The summed E-state index contributed by atoms with van der Waals surface area (Å²) >= 11 is 0. The van der Waals surface area contributed by atoms with Crippen molar-refractivity contribution in [1.82, 2.24) is 14.6 Å². The summed E-state index contributed by atoms with van der Waals surface area (Å²) in [5, 5.41) is 13.3. The van der Waals surface area contributed by atoms with Crippen LogP contribution in [0.25, 0.3) is 10.9 Å². The lowest BCUT2D eigenvalue weighted by Crippen LogP contribution is -2.43. The molecule has 0 unspecified atom stereocenters. The number of methoxy groups -OCH3 is 1. The van der Waals surface area contributed by atoms with E-state index in [0.29, 0.717) is 49.2 Å². The number of nitrogens with zero attached hydrogens (tertiary/aromatic N) is 2. The third-order valence-electron chi connectivity index (χ3n) is 7.07. The Labute approximate surface area is 205 Å². The van der Waals surface area contributed by atoms with Crippen LogP contribution in [-0.2, 0) is 32.4 Å². The molecule has 190 valence electrons. The topological polar surface area (TPSA) is 126 Å². The molecule has 1 fully saturated rings. The minimum absolute atomic E-state index is 0.0555. The molecule has 0 bridgehead atoms. The van der Waals surface area contributed by atoms with Crippen molar-refractivity contribution in [2.75, 3.05) is 33.4 Å². The number of carbonyl (C=O) groups excluding carboxylic acids is 1. The van der Waals surface area contributed by atoms with Crippen molar-refractivity contribution >= 4 is 32.8 Å². The molecule has 2 heterocycles. The Kier molecular flexibility index (Phi) is 7.73. The number of aromatic nitrogens is 1. The monoisotopic (exact) mass is 503 g/mol. The molecule has 1 amide bonds. The first-order chi connectivity index (χ1) is 16.7. The van der Waals surface area contributed by atoms with Crippen molar-refractivity contribution in [3.63, 3.8) is 0 Å². The van der Waals surface area contributed by atoms with Gasteiger partial charge in [-0.3, -0.25) is 9.78 Å². The SMILES string of the molecule is COCCCNC(=O)C1CCN(S(=O)(=O)c2ccc3nc4c(c(C(=O)O)c3c2)C[C@H](C)CC4)CC1. The van der Waals surface area contributed by atoms with Crippen molar-refractivity contribution in [2.45, 2.75) is 50.3 Å². The molecule has 1 aromatic carbocycles. The maximum atomic E-state index is 13.4. The second kappa shape index (κ2) is 10.6. The maximum Gasteiger partial charge on any atom is 0.336 e. The molecule has 10 heteroatoms. The van der Waals surface area contributed by atoms with Gasteiger partial charge in [0.1, 0.15) is 0 Å². The lowest BCUT2D eigenvalue weighted by Gasteiger charge is -2.30. The minimum atomic E-state index is -3.84. The van der Waals surface area contributed by atoms with E-state index in [1.54, 1.807) is 13.2 Å². The van der Waals surface area contributed by atoms with E-state index in [1.165, 1.54) is 16.4 Å². The number of hydrogen-bond acceptors (Lipinski definition) is 6. The van der Waals surface area contributed by atoms with Crippen LogP contribution in [0.4, 0.5) is 0 Å². The highest BCUT2D eigenvalue weighted by molar-refractivity contribution is 7.89. The van der Waals surface area contributed by atoms with E-state index in [1.807, 2.05) is 0 Å². The summed E-state index contributed by atoms with van der Waals surface area (Å²) in [5.74, 6) is -0.989. The number of hydrogen-bond donors (Lipinski definition) is 2. The first-order valence-electron chi connectivity index (χ1n) is 12.2. The molecule has 2 aromatic rings. The van der Waals surface area contributed by atoms with Crippen molar-refractivity contribution in [2.24, 2.45) is 11.8 Å². The molecule has 9 nitrogen and oxygen atoms in total. The number of amides is 1. The van der Waals surface area contributed by atoms with Crippen LogP contribution in [0.5, 0.6) is 0 Å². The van der Waals surface area contributed by atoms with E-state index in [-0.39, 0.29) is 35.4 Å². The molecule has 1 aliphatic heterocycles. The van der Waals surface area contributed by atoms with E-state index < -0.39 is 16.0 Å². The molecule has 0 radical (unpaired) electrons. The van der Waals surface area contributed by atoms with Gasteiger partial charge >= 0.3 is 5.97 Å². The van der Waals surface area contributed by atoms with Crippen LogP contribution in [0.1, 0.15) is 54.2 Å². The number of carbonyl (C=O) groups is 2. The molecule has 1 atom stereocenters. The number of benzene rings is 1. The van der Waals surface area contributed by atoms with Gasteiger partial charge in [0, 0.05) is 50.3 Å². The average molecular weight is 504 g/mol. The van der Waals surface area contributed by atoms with Gasteiger partial charge in [-0.2, -0.15) is 4.31 Å². The molecule has 2 aliphatic rings. The second-order valence-electron chi connectivity index (χ2n) is 9.56. The Bertz CT molecular complexity index is 1220. The molecule has 1 aromatic heterocycles. The van der Waals surface area contributed by atoms with Crippen molar-refractivity contribution in [3.05, 3.63) is 35.0 Å². The molecule has 0 saturated carbocycles. The number of aromatic carboxylic acids is 1. The van der Waals surface area contributed by atoms with E-state index in [2.05, 4.69) is 17.2 Å². The summed E-state index contributed by atoms with van der Waals surface area (Å²) in [5.41, 5.74) is 2.18. The van der Waals surface area contributed by atoms with Gasteiger partial charge in [0.25, 0.3) is 0 Å². The highest BCUT2D eigenvalue weighted by Gasteiger charge is 2.33. The number of pyridine rings is 1. The quantitative estimate of drug-likeness (QED) is 0.530. The summed E-state index contributed by atoms with van der Waals surface area (Å²) in [4.78, 5) is 29.4. The van der Waals surface area contributed by atoms with Gasteiger partial charge in [-0.25, -0.2) is 13.2 Å². The second-order valence-corrected chi connectivity index (χ2v) is 11.5. The molecule has 2 N–H and O–H groups in total. The van der Waals surface area contributed by atoms with E-state index in [9.17, 15) is 23.1 Å². The number of carboxylic acid groups (broad SMARTS) is 1. The lowest BCUT2D eigenvalue weighted by atomic mass is 9.84. The third-order valence-corrected chi connectivity index (χ3v) is 8.96. The van der Waals surface area contributed by atoms with Gasteiger partial charge in [0.15, 0.2) is 0 Å². The van der Waals surface area contributed by atoms with E-state index in [4.69, 9.17) is 4.74 Å². The van der Waals surface area contributed by atoms with Gasteiger partial charge < -0.3 is 15.2 Å². The first kappa shape index (κ1) is 25.5. The number of aryl methyl sites for hydroxylation is 1. The zero-order chi connectivity index (χ0) is 25.2. The number of fused-ring (bicyclic) bond motifs is 2. The molecule has 35 heavy (non-hydrogen) atoms. The molecule has 1 saturated heterocycles. The zero-order valence-corrected chi connectivity index (χ0v) is 21.1. The van der Waals surface area contributed by atoms with Crippen LogP contribution in [0.2, 0.25) is 0 Å². The molecule has 1 aliphatic carbocycles. The molecular weight excluding hydrogens is 470 g/mol. The summed E-state index contributed by atoms with van der Waals surface area (Å²) in [7, 11) is -2.23. The van der Waals surface area contributed by atoms with Crippen LogP contribution < -0.4 is 5.32 Å². The summed E-state index contributed by atoms with van der Waals surface area (Å²) in [6, 6.07) is 4.56. The largest absolute Gasteiger partial charge is 0.478 e. The Morgan fingerprint density at radius 3 is 2.66 bits per heavy atom. The fourth-order valence-corrected chi connectivity index (χ4v) is 6.57. The van der Waals surface area contributed by atoms with Crippen molar-refractivity contribution in [3.8, 4) is 0 Å². The number of ether oxygens (including phenoxy) is 1. The molecular formula is C25H33N3O6S. The first-order valence-corrected chi connectivity index (χ1v) is 13.6. The predicted molar refractivity (Wildman–Crippen MR) is 131 cm³/mol. The summed E-state index contributed by atoms with van der Waals surface area (Å²) < 4.78 is 33.2. The van der Waals surface area contributed by atoms with E-state index in [0.717, 1.165) is 30.5 Å². The Hall–Kier alpha value is -2.56. The number of piperidine rings is 1. The summed E-state index contributed by atoms with van der Waals surface area (Å²) in [6.45, 7) is 3.67. The fourth-order valence-electron chi connectivity index (χ4n) is 5.08.